The highest BCUT2D eigenvalue weighted by Crippen LogP contribution is 2.35. The predicted molar refractivity (Wildman–Crippen MR) is 174 cm³/mol. The number of hydrogen-bond acceptors (Lipinski definition) is 4. The minimum Gasteiger partial charge on any atom is -0.439 e. The summed E-state index contributed by atoms with van der Waals surface area (Å²) in [6.45, 7) is 0. The Balaban J connectivity index is 1.19. The monoisotopic (exact) mass is 568 g/mol. The van der Waals surface area contributed by atoms with E-state index in [0.717, 1.165) is 50.4 Å². The molecule has 0 aliphatic heterocycles. The van der Waals surface area contributed by atoms with Crippen LogP contribution in [0.2, 0.25) is 0 Å². The van der Waals surface area contributed by atoms with Crippen molar-refractivity contribution in [2.24, 2.45) is 0 Å². The summed E-state index contributed by atoms with van der Waals surface area (Å²) in [6, 6.07) is 41.3. The van der Waals surface area contributed by atoms with E-state index in [1.54, 1.807) is 6.20 Å². The van der Waals surface area contributed by atoms with Gasteiger partial charge in [-0.1, -0.05) is 54.6 Å². The van der Waals surface area contributed by atoms with Crippen molar-refractivity contribution in [1.29, 1.82) is 0 Å². The molecule has 0 saturated heterocycles. The lowest BCUT2D eigenvalue weighted by Gasteiger charge is -2.11. The van der Waals surface area contributed by atoms with Crippen LogP contribution in [0.3, 0.4) is 0 Å². The zero-order valence-electron chi connectivity index (χ0n) is 23.4. The summed E-state index contributed by atoms with van der Waals surface area (Å²) in [7, 11) is 0. The third kappa shape index (κ3) is 3.80. The lowest BCUT2D eigenvalue weighted by Crippen LogP contribution is -1.98. The van der Waals surface area contributed by atoms with Crippen LogP contribution < -0.4 is 4.74 Å². The fourth-order valence-electron chi connectivity index (χ4n) is 6.22. The molecule has 0 N–H and O–H groups in total. The van der Waals surface area contributed by atoms with Gasteiger partial charge in [0.15, 0.2) is 0 Å². The minimum absolute atomic E-state index is 0.557. The van der Waals surface area contributed by atoms with Crippen LogP contribution >= 0.6 is 0 Å². The first-order valence-electron chi connectivity index (χ1n) is 14.4. The normalized spacial score (nSPS) is 11.6. The molecule has 5 aromatic heterocycles. The molecule has 0 bridgehead atoms. The van der Waals surface area contributed by atoms with E-state index >= 15 is 0 Å². The van der Waals surface area contributed by atoms with E-state index in [-0.39, 0.29) is 0 Å². The minimum atomic E-state index is 0.557. The third-order valence-electron chi connectivity index (χ3n) is 8.12. The first-order chi connectivity index (χ1) is 21.8. The maximum absolute atomic E-state index is 6.09. The Morgan fingerprint density at radius 1 is 0.500 bits per heavy atom. The van der Waals surface area contributed by atoms with Crippen molar-refractivity contribution in [3.05, 3.63) is 146 Å². The highest BCUT2D eigenvalue weighted by Gasteiger charge is 2.17. The number of rotatable bonds is 5. The Bertz CT molecular complexity index is 2430. The standard InChI is InChI=1S/C37H24N6O/c1-3-14-33-29(11-1)31-18-17-25(22-35(31)42(33)26-9-7-10-28(21-26)44-36-16-5-6-19-38-36)41-24-27(23-40-41)43-34-15-4-2-12-30(34)32-13-8-20-39-37(32)43/h1-24H. The SMILES string of the molecule is c1ccc(Oc2cccc(-n3c4ccccc4c4ccc(-n5cc(-n6c7ccccc7c7cccnc76)cn5)cc43)c2)nc1. The summed E-state index contributed by atoms with van der Waals surface area (Å²) in [5.74, 6) is 1.28. The lowest BCUT2D eigenvalue weighted by molar-refractivity contribution is 0.463. The molecule has 0 radical (unpaired) electrons. The molecule has 0 spiro atoms. The van der Waals surface area contributed by atoms with Crippen molar-refractivity contribution >= 4 is 43.7 Å². The number of fused-ring (bicyclic) bond motifs is 6. The molecular formula is C37H24N6O. The topological polar surface area (TPSA) is 62.7 Å². The molecule has 0 aliphatic rings. The molecule has 7 heteroatoms. The number of hydrogen-bond donors (Lipinski definition) is 0. The molecule has 0 aliphatic carbocycles. The Morgan fingerprint density at radius 3 is 2.11 bits per heavy atom. The molecule has 9 rings (SSSR count). The first-order valence-corrected chi connectivity index (χ1v) is 14.4. The Labute approximate surface area is 251 Å². The van der Waals surface area contributed by atoms with E-state index in [1.165, 1.54) is 16.2 Å². The highest BCUT2D eigenvalue weighted by atomic mass is 16.5. The van der Waals surface area contributed by atoms with Crippen molar-refractivity contribution < 1.29 is 4.74 Å². The van der Waals surface area contributed by atoms with Gasteiger partial charge in [-0.15, -0.1) is 0 Å². The summed E-state index contributed by atoms with van der Waals surface area (Å²) in [6.07, 6.45) is 7.53. The number of benzene rings is 4. The second-order valence-electron chi connectivity index (χ2n) is 10.7. The second kappa shape index (κ2) is 9.68. The van der Waals surface area contributed by atoms with Gasteiger partial charge in [-0.25, -0.2) is 14.6 Å². The van der Waals surface area contributed by atoms with Gasteiger partial charge in [-0.2, -0.15) is 5.10 Å². The fourth-order valence-corrected chi connectivity index (χ4v) is 6.22. The summed E-state index contributed by atoms with van der Waals surface area (Å²) in [4.78, 5) is 9.05. The van der Waals surface area contributed by atoms with Gasteiger partial charge in [0.05, 0.1) is 40.3 Å². The molecule has 5 heterocycles. The van der Waals surface area contributed by atoms with Crippen LogP contribution in [-0.2, 0) is 0 Å². The van der Waals surface area contributed by atoms with Crippen molar-refractivity contribution in [2.75, 3.05) is 0 Å². The van der Waals surface area contributed by atoms with E-state index in [1.807, 2.05) is 53.5 Å². The van der Waals surface area contributed by atoms with E-state index in [9.17, 15) is 0 Å². The largest absolute Gasteiger partial charge is 0.439 e. The Morgan fingerprint density at radius 2 is 1.25 bits per heavy atom. The van der Waals surface area contributed by atoms with Crippen LogP contribution in [0.4, 0.5) is 0 Å². The summed E-state index contributed by atoms with van der Waals surface area (Å²) < 4.78 is 12.5. The number of aromatic nitrogens is 6. The summed E-state index contributed by atoms with van der Waals surface area (Å²) in [5, 5.41) is 9.45. The van der Waals surface area contributed by atoms with E-state index in [2.05, 4.69) is 105 Å². The van der Waals surface area contributed by atoms with E-state index < -0.39 is 0 Å². The van der Waals surface area contributed by atoms with Crippen molar-refractivity contribution in [1.82, 2.24) is 28.9 Å². The molecule has 0 unspecified atom stereocenters. The second-order valence-corrected chi connectivity index (χ2v) is 10.7. The fraction of sp³-hybridized carbons (Fsp3) is 0. The Hall–Kier alpha value is -6.21. The average Bonchev–Trinajstić information content (AvgIpc) is 3.78. The molecular weight excluding hydrogens is 544 g/mol. The highest BCUT2D eigenvalue weighted by molar-refractivity contribution is 6.10. The lowest BCUT2D eigenvalue weighted by atomic mass is 10.1. The molecule has 4 aromatic carbocycles. The summed E-state index contributed by atoms with van der Waals surface area (Å²) >= 11 is 0. The van der Waals surface area contributed by atoms with Crippen molar-refractivity contribution in [3.8, 4) is 28.7 Å². The van der Waals surface area contributed by atoms with Crippen LogP contribution in [0.1, 0.15) is 0 Å². The zero-order chi connectivity index (χ0) is 29.0. The van der Waals surface area contributed by atoms with Crippen molar-refractivity contribution in [2.45, 2.75) is 0 Å². The maximum Gasteiger partial charge on any atom is 0.219 e. The third-order valence-corrected chi connectivity index (χ3v) is 8.12. The molecule has 7 nitrogen and oxygen atoms in total. The van der Waals surface area contributed by atoms with Gasteiger partial charge >= 0.3 is 0 Å². The van der Waals surface area contributed by atoms with Gasteiger partial charge in [0.1, 0.15) is 11.4 Å². The van der Waals surface area contributed by atoms with E-state index in [0.29, 0.717) is 5.88 Å². The van der Waals surface area contributed by atoms with Crippen molar-refractivity contribution in [3.63, 3.8) is 0 Å². The molecule has 0 atom stereocenters. The summed E-state index contributed by atoms with van der Waals surface area (Å²) in [5.41, 5.74) is 7.12. The van der Waals surface area contributed by atoms with E-state index in [4.69, 9.17) is 14.8 Å². The Kier molecular flexibility index (Phi) is 5.36. The molecule has 9 aromatic rings. The number of ether oxygens (including phenoxy) is 1. The van der Waals surface area contributed by atoms with Crippen LogP contribution in [-0.4, -0.2) is 28.9 Å². The van der Waals surface area contributed by atoms with Gasteiger partial charge < -0.3 is 9.30 Å². The van der Waals surface area contributed by atoms with Gasteiger partial charge in [-0.3, -0.25) is 4.57 Å². The number of nitrogens with zero attached hydrogens (tertiary/aromatic N) is 6. The van der Waals surface area contributed by atoms with Gasteiger partial charge in [0, 0.05) is 51.8 Å². The maximum atomic E-state index is 6.09. The van der Waals surface area contributed by atoms with Gasteiger partial charge in [0.2, 0.25) is 5.88 Å². The molecule has 0 fully saturated rings. The molecule has 0 amide bonds. The molecule has 0 saturated carbocycles. The van der Waals surface area contributed by atoms with Gasteiger partial charge in [-0.05, 0) is 54.6 Å². The molecule has 44 heavy (non-hydrogen) atoms. The van der Waals surface area contributed by atoms with Crippen LogP contribution in [0.25, 0.3) is 60.8 Å². The zero-order valence-corrected chi connectivity index (χ0v) is 23.4. The van der Waals surface area contributed by atoms with Crippen LogP contribution in [0.15, 0.2) is 146 Å². The van der Waals surface area contributed by atoms with Crippen LogP contribution in [0.5, 0.6) is 11.6 Å². The quantitative estimate of drug-likeness (QED) is 0.208. The predicted octanol–water partition coefficient (Wildman–Crippen LogP) is 8.65. The first kappa shape index (κ1) is 24.4. The van der Waals surface area contributed by atoms with Gasteiger partial charge in [0.25, 0.3) is 0 Å². The van der Waals surface area contributed by atoms with Crippen LogP contribution in [0, 0.1) is 0 Å². The average molecular weight is 569 g/mol. The molecule has 208 valence electrons. The smallest absolute Gasteiger partial charge is 0.219 e. The number of para-hydroxylation sites is 2. The number of pyridine rings is 2.